The Kier molecular flexibility index (Phi) is 2.91. The third-order valence-electron chi connectivity index (χ3n) is 5.95. The molecule has 0 amide bonds. The smallest absolute Gasteiger partial charge is 0.126 e. The zero-order valence-corrected chi connectivity index (χ0v) is 15.2. The van der Waals surface area contributed by atoms with Crippen LogP contribution in [-0.4, -0.2) is 16.9 Å². The monoisotopic (exact) mass is 335 g/mol. The van der Waals surface area contributed by atoms with E-state index in [2.05, 4.69) is 61.9 Å². The van der Waals surface area contributed by atoms with Crippen molar-refractivity contribution in [3.8, 4) is 5.75 Å². The Morgan fingerprint density at radius 3 is 2.83 bits per heavy atom. The quantitative estimate of drug-likeness (QED) is 0.576. The van der Waals surface area contributed by atoms with Crippen molar-refractivity contribution in [2.45, 2.75) is 30.7 Å². The van der Waals surface area contributed by atoms with Crippen LogP contribution >= 0.6 is 11.8 Å². The van der Waals surface area contributed by atoms with Crippen LogP contribution in [0.15, 0.2) is 41.4 Å². The van der Waals surface area contributed by atoms with Gasteiger partial charge in [-0.15, -0.1) is 11.8 Å². The average molecular weight is 335 g/mol. The summed E-state index contributed by atoms with van der Waals surface area (Å²) in [5.41, 5.74) is 6.82. The predicted octanol–water partition coefficient (Wildman–Crippen LogP) is 4.97. The third kappa shape index (κ3) is 1.63. The maximum atomic E-state index is 6.30. The molecule has 1 atom stereocenters. The van der Waals surface area contributed by atoms with E-state index < -0.39 is 0 Å². The van der Waals surface area contributed by atoms with Crippen molar-refractivity contribution < 1.29 is 4.74 Å². The first-order chi connectivity index (χ1) is 11.6. The molecule has 2 aromatic carbocycles. The number of hydrogen-bond donors (Lipinski definition) is 0. The maximum Gasteiger partial charge on any atom is 0.126 e. The van der Waals surface area contributed by atoms with Gasteiger partial charge in [0.1, 0.15) is 12.4 Å². The highest BCUT2D eigenvalue weighted by Gasteiger charge is 2.48. The highest BCUT2D eigenvalue weighted by molar-refractivity contribution is 7.99. The average Bonchev–Trinajstić information content (AvgIpc) is 3.10. The summed E-state index contributed by atoms with van der Waals surface area (Å²) in [6.07, 6.45) is 1.15. The summed E-state index contributed by atoms with van der Waals surface area (Å²) in [5.74, 6) is 2.27. The molecule has 0 N–H and O–H groups in total. The fraction of sp³-hybridized carbons (Fsp3) is 0.333. The Bertz CT molecular complexity index is 987. The van der Waals surface area contributed by atoms with Gasteiger partial charge in [0.25, 0.3) is 0 Å². The van der Waals surface area contributed by atoms with E-state index in [1.165, 1.54) is 38.2 Å². The number of aryl methyl sites for hydroxylation is 2. The summed E-state index contributed by atoms with van der Waals surface area (Å²) < 4.78 is 8.67. The second kappa shape index (κ2) is 4.82. The summed E-state index contributed by atoms with van der Waals surface area (Å²) in [6, 6.07) is 13.4. The molecule has 3 heteroatoms. The van der Waals surface area contributed by atoms with Crippen LogP contribution in [0.5, 0.6) is 5.75 Å². The Morgan fingerprint density at radius 2 is 1.96 bits per heavy atom. The molecule has 2 aliphatic rings. The molecular weight excluding hydrogens is 314 g/mol. The SMILES string of the molecule is Cc1ccc2c(c1C)OCC21CCSc2c1c1ccccc1n2C. The van der Waals surface area contributed by atoms with E-state index in [0.29, 0.717) is 0 Å². The van der Waals surface area contributed by atoms with Crippen molar-refractivity contribution in [1.29, 1.82) is 0 Å². The van der Waals surface area contributed by atoms with Crippen molar-refractivity contribution in [2.75, 3.05) is 12.4 Å². The van der Waals surface area contributed by atoms with Gasteiger partial charge in [-0.1, -0.05) is 30.3 Å². The van der Waals surface area contributed by atoms with Crippen LogP contribution in [0.1, 0.15) is 28.7 Å². The van der Waals surface area contributed by atoms with Gasteiger partial charge in [0.05, 0.1) is 10.4 Å². The van der Waals surface area contributed by atoms with Crippen molar-refractivity contribution in [2.24, 2.45) is 7.05 Å². The molecule has 0 bridgehead atoms. The molecule has 1 aromatic heterocycles. The van der Waals surface area contributed by atoms with Gasteiger partial charge in [-0.2, -0.15) is 0 Å². The summed E-state index contributed by atoms with van der Waals surface area (Å²) >= 11 is 1.99. The van der Waals surface area contributed by atoms with Gasteiger partial charge in [-0.25, -0.2) is 0 Å². The van der Waals surface area contributed by atoms with Gasteiger partial charge in [0.2, 0.25) is 0 Å². The summed E-state index contributed by atoms with van der Waals surface area (Å²) in [6.45, 7) is 5.13. The fourth-order valence-electron chi connectivity index (χ4n) is 4.49. The number of para-hydroxylation sites is 1. The van der Waals surface area contributed by atoms with E-state index in [0.717, 1.165) is 24.5 Å². The minimum Gasteiger partial charge on any atom is -0.492 e. The molecule has 0 radical (unpaired) electrons. The van der Waals surface area contributed by atoms with Crippen LogP contribution in [-0.2, 0) is 12.5 Å². The minimum absolute atomic E-state index is 0.00917. The molecule has 2 aliphatic heterocycles. The number of benzene rings is 2. The normalized spacial score (nSPS) is 21.8. The Morgan fingerprint density at radius 1 is 1.12 bits per heavy atom. The van der Waals surface area contributed by atoms with Crippen LogP contribution in [0.25, 0.3) is 10.9 Å². The molecule has 5 rings (SSSR count). The first-order valence-corrected chi connectivity index (χ1v) is 9.56. The molecular formula is C21H21NOS. The zero-order chi connectivity index (χ0) is 16.5. The van der Waals surface area contributed by atoms with Crippen molar-refractivity contribution >= 4 is 22.7 Å². The van der Waals surface area contributed by atoms with Crippen molar-refractivity contribution in [3.63, 3.8) is 0 Å². The fourth-order valence-corrected chi connectivity index (χ4v) is 5.87. The minimum atomic E-state index is 0.00917. The van der Waals surface area contributed by atoms with Gasteiger partial charge >= 0.3 is 0 Å². The van der Waals surface area contributed by atoms with Crippen molar-refractivity contribution in [1.82, 2.24) is 4.57 Å². The largest absolute Gasteiger partial charge is 0.492 e. The van der Waals surface area contributed by atoms with Crippen LogP contribution in [0.2, 0.25) is 0 Å². The van der Waals surface area contributed by atoms with Gasteiger partial charge in [-0.05, 0) is 37.5 Å². The molecule has 24 heavy (non-hydrogen) atoms. The lowest BCUT2D eigenvalue weighted by Gasteiger charge is -2.33. The Balaban J connectivity index is 1.87. The molecule has 122 valence electrons. The molecule has 0 saturated heterocycles. The van der Waals surface area contributed by atoms with Crippen LogP contribution in [0.3, 0.4) is 0 Å². The summed E-state index contributed by atoms with van der Waals surface area (Å²) in [5, 5.41) is 2.80. The predicted molar refractivity (Wildman–Crippen MR) is 100 cm³/mol. The topological polar surface area (TPSA) is 14.2 Å². The first kappa shape index (κ1) is 14.5. The number of thioether (sulfide) groups is 1. The molecule has 2 nitrogen and oxygen atoms in total. The number of ether oxygens (including phenoxy) is 1. The highest BCUT2D eigenvalue weighted by atomic mass is 32.2. The summed E-state index contributed by atoms with van der Waals surface area (Å²) in [7, 11) is 2.20. The molecule has 1 unspecified atom stereocenters. The van der Waals surface area contributed by atoms with Crippen LogP contribution in [0, 0.1) is 13.8 Å². The molecule has 3 heterocycles. The molecule has 0 aliphatic carbocycles. The van der Waals surface area contributed by atoms with E-state index in [-0.39, 0.29) is 5.41 Å². The van der Waals surface area contributed by atoms with Crippen molar-refractivity contribution in [3.05, 3.63) is 58.7 Å². The number of rotatable bonds is 0. The third-order valence-corrected chi connectivity index (χ3v) is 7.11. The summed E-state index contributed by atoms with van der Waals surface area (Å²) in [4.78, 5) is 0. The van der Waals surface area contributed by atoms with E-state index >= 15 is 0 Å². The van der Waals surface area contributed by atoms with E-state index in [1.807, 2.05) is 11.8 Å². The second-order valence-corrected chi connectivity index (χ2v) is 8.19. The molecule has 0 fully saturated rings. The lowest BCUT2D eigenvalue weighted by atomic mass is 9.73. The van der Waals surface area contributed by atoms with Gasteiger partial charge in [0, 0.05) is 34.8 Å². The second-order valence-electron chi connectivity index (χ2n) is 7.11. The Hall–Kier alpha value is -1.87. The van der Waals surface area contributed by atoms with Gasteiger partial charge < -0.3 is 9.30 Å². The standard InChI is InChI=1S/C21H21NOS/c1-13-8-9-16-19(14(13)2)23-12-21(16)10-11-24-20-18(21)15-6-4-5-7-17(15)22(20)3/h4-9H,10-12H2,1-3H3. The van der Waals surface area contributed by atoms with Gasteiger partial charge in [0.15, 0.2) is 0 Å². The molecule has 1 spiro atoms. The first-order valence-electron chi connectivity index (χ1n) is 8.58. The van der Waals surface area contributed by atoms with Crippen LogP contribution < -0.4 is 4.74 Å². The van der Waals surface area contributed by atoms with Gasteiger partial charge in [-0.3, -0.25) is 0 Å². The van der Waals surface area contributed by atoms with E-state index in [1.54, 1.807) is 0 Å². The molecule has 3 aromatic rings. The number of hydrogen-bond acceptors (Lipinski definition) is 2. The highest BCUT2D eigenvalue weighted by Crippen LogP contribution is 2.55. The lowest BCUT2D eigenvalue weighted by Crippen LogP contribution is -2.33. The molecule has 0 saturated carbocycles. The number of aromatic nitrogens is 1. The van der Waals surface area contributed by atoms with Crippen LogP contribution in [0.4, 0.5) is 0 Å². The van der Waals surface area contributed by atoms with E-state index in [4.69, 9.17) is 4.74 Å². The number of fused-ring (bicyclic) bond motifs is 6. The Labute approximate surface area is 146 Å². The lowest BCUT2D eigenvalue weighted by molar-refractivity contribution is 0.283. The maximum absolute atomic E-state index is 6.30. The number of nitrogens with zero attached hydrogens (tertiary/aromatic N) is 1. The van der Waals surface area contributed by atoms with E-state index in [9.17, 15) is 0 Å². The zero-order valence-electron chi connectivity index (χ0n) is 14.3.